The van der Waals surface area contributed by atoms with Crippen LogP contribution in [0.2, 0.25) is 0 Å². The number of piperidine rings is 1. The molecule has 2 aliphatic heterocycles. The van der Waals surface area contributed by atoms with E-state index in [4.69, 9.17) is 0 Å². The van der Waals surface area contributed by atoms with Crippen LogP contribution in [0, 0.1) is 5.92 Å². The van der Waals surface area contributed by atoms with Crippen molar-refractivity contribution in [2.24, 2.45) is 5.92 Å². The molecule has 1 amide bonds. The molecule has 7 heteroatoms. The average molecular weight is 433 g/mol. The zero-order chi connectivity index (χ0) is 21.0. The van der Waals surface area contributed by atoms with E-state index in [1.807, 2.05) is 30.3 Å². The van der Waals surface area contributed by atoms with Crippen LogP contribution in [0.25, 0.3) is 6.08 Å². The van der Waals surface area contributed by atoms with Crippen LogP contribution >= 0.6 is 0 Å². The molecule has 0 unspecified atom stereocenters. The predicted molar refractivity (Wildman–Crippen MR) is 118 cm³/mol. The molecule has 0 bridgehead atoms. The van der Waals surface area contributed by atoms with Crippen LogP contribution in [-0.4, -0.2) is 68.8 Å². The van der Waals surface area contributed by atoms with Gasteiger partial charge in [0.2, 0.25) is 10.0 Å². The van der Waals surface area contributed by atoms with Crippen LogP contribution in [0.15, 0.2) is 35.7 Å². The molecule has 1 aromatic carbocycles. The number of amides is 1. The number of sulfonamides is 1. The normalized spacial score (nSPS) is 26.6. The Hall–Kier alpha value is -1.70. The Kier molecular flexibility index (Phi) is 6.91. The van der Waals surface area contributed by atoms with Gasteiger partial charge in [-0.2, -0.15) is 4.31 Å². The summed E-state index contributed by atoms with van der Waals surface area (Å²) in [7, 11) is -3.43. The zero-order valence-electron chi connectivity index (χ0n) is 17.7. The summed E-state index contributed by atoms with van der Waals surface area (Å²) < 4.78 is 26.8. The first-order valence-electron chi connectivity index (χ1n) is 11.4. The molecule has 2 saturated heterocycles. The topological polar surface area (TPSA) is 62.1 Å². The first-order chi connectivity index (χ1) is 14.5. The Labute approximate surface area is 180 Å². The number of benzene rings is 1. The smallest absolute Gasteiger partial charge is 0.278 e. The summed E-state index contributed by atoms with van der Waals surface area (Å²) in [4.78, 5) is 16.4. The second kappa shape index (κ2) is 9.62. The number of rotatable bonds is 5. The van der Waals surface area contributed by atoms with Crippen molar-refractivity contribution in [3.8, 4) is 0 Å². The molecule has 2 heterocycles. The van der Waals surface area contributed by atoms with Crippen molar-refractivity contribution in [2.75, 3.05) is 39.3 Å². The van der Waals surface area contributed by atoms with Crippen LogP contribution in [0.5, 0.6) is 0 Å². The third-order valence-corrected chi connectivity index (χ3v) is 8.55. The lowest BCUT2D eigenvalue weighted by molar-refractivity contribution is -0.896. The molecule has 2 atom stereocenters. The molecule has 3 aliphatic rings. The van der Waals surface area contributed by atoms with Gasteiger partial charge in [-0.05, 0) is 43.2 Å². The van der Waals surface area contributed by atoms with Crippen molar-refractivity contribution in [1.82, 2.24) is 9.21 Å². The number of hydrogen-bond acceptors (Lipinski definition) is 3. The van der Waals surface area contributed by atoms with Crippen molar-refractivity contribution in [1.29, 1.82) is 0 Å². The van der Waals surface area contributed by atoms with Gasteiger partial charge in [-0.3, -0.25) is 4.79 Å². The minimum atomic E-state index is -3.43. The maximum Gasteiger partial charge on any atom is 0.278 e. The van der Waals surface area contributed by atoms with Gasteiger partial charge in [0, 0.05) is 18.0 Å². The standard InChI is InChI=1S/C23H33N3O3S/c27-23(26-13-6-10-21-9-4-5-11-22(21)26)19-24-14-16-25(17-15-24)30(28,29)18-12-20-7-2-1-3-8-20/h1-3,7-8,12,18,21-22H,4-6,9-11,13-17,19H2/p+1/b18-12+/t21-,22-/m0/s1. The van der Waals surface area contributed by atoms with E-state index in [0.29, 0.717) is 44.7 Å². The predicted octanol–water partition coefficient (Wildman–Crippen LogP) is 1.37. The Morgan fingerprint density at radius 1 is 1.00 bits per heavy atom. The molecule has 0 spiro atoms. The fourth-order valence-corrected chi connectivity index (χ4v) is 6.49. The van der Waals surface area contributed by atoms with E-state index in [1.54, 1.807) is 10.4 Å². The monoisotopic (exact) mass is 432 g/mol. The number of nitrogens with zero attached hydrogens (tertiary/aromatic N) is 2. The summed E-state index contributed by atoms with van der Waals surface area (Å²) in [6.45, 7) is 3.71. The fraction of sp³-hybridized carbons (Fsp3) is 0.609. The van der Waals surface area contributed by atoms with E-state index < -0.39 is 10.0 Å². The maximum absolute atomic E-state index is 13.0. The molecular weight excluding hydrogens is 398 g/mol. The van der Waals surface area contributed by atoms with Crippen molar-refractivity contribution >= 4 is 22.0 Å². The van der Waals surface area contributed by atoms with Crippen molar-refractivity contribution in [2.45, 2.75) is 44.6 Å². The van der Waals surface area contributed by atoms with Gasteiger partial charge in [0.15, 0.2) is 6.54 Å². The number of carbonyl (C=O) groups is 1. The Balaban J connectivity index is 1.29. The molecule has 0 radical (unpaired) electrons. The number of fused-ring (bicyclic) bond motifs is 1. The molecule has 1 aromatic rings. The lowest BCUT2D eigenvalue weighted by Gasteiger charge is -2.44. The van der Waals surface area contributed by atoms with Crippen LogP contribution < -0.4 is 4.90 Å². The minimum Gasteiger partial charge on any atom is -0.335 e. The van der Waals surface area contributed by atoms with Gasteiger partial charge in [-0.1, -0.05) is 43.2 Å². The Morgan fingerprint density at radius 3 is 2.47 bits per heavy atom. The summed E-state index contributed by atoms with van der Waals surface area (Å²) in [6.07, 6.45) is 9.03. The average Bonchev–Trinajstić information content (AvgIpc) is 2.78. The van der Waals surface area contributed by atoms with Gasteiger partial charge in [-0.15, -0.1) is 0 Å². The number of quaternary nitrogens is 1. The van der Waals surface area contributed by atoms with Crippen LogP contribution in [0.1, 0.15) is 44.1 Å². The van der Waals surface area contributed by atoms with Gasteiger partial charge in [0.05, 0.1) is 26.2 Å². The van der Waals surface area contributed by atoms with Crippen molar-refractivity contribution < 1.29 is 18.1 Å². The zero-order valence-corrected chi connectivity index (χ0v) is 18.5. The second-order valence-electron chi connectivity index (χ2n) is 8.93. The highest BCUT2D eigenvalue weighted by Gasteiger charge is 2.37. The van der Waals surface area contributed by atoms with Gasteiger partial charge in [-0.25, -0.2) is 8.42 Å². The number of carbonyl (C=O) groups excluding carboxylic acids is 1. The lowest BCUT2D eigenvalue weighted by atomic mass is 9.78. The molecule has 1 N–H and O–H groups in total. The SMILES string of the molecule is O=C(C[NH+]1CCN(S(=O)(=O)/C=C/c2ccccc2)CC1)N1CCC[C@@H]2CCCC[C@@H]21. The summed E-state index contributed by atoms with van der Waals surface area (Å²) in [5, 5.41) is 1.30. The second-order valence-corrected chi connectivity index (χ2v) is 10.7. The van der Waals surface area contributed by atoms with E-state index in [0.717, 1.165) is 24.9 Å². The van der Waals surface area contributed by atoms with Crippen LogP contribution in [0.3, 0.4) is 0 Å². The van der Waals surface area contributed by atoms with Crippen molar-refractivity contribution in [3.63, 3.8) is 0 Å². The number of hydrogen-bond donors (Lipinski definition) is 1. The molecule has 1 saturated carbocycles. The van der Waals surface area contributed by atoms with E-state index in [2.05, 4.69) is 4.90 Å². The minimum absolute atomic E-state index is 0.266. The Morgan fingerprint density at radius 2 is 1.70 bits per heavy atom. The highest BCUT2D eigenvalue weighted by molar-refractivity contribution is 7.92. The van der Waals surface area contributed by atoms with Gasteiger partial charge < -0.3 is 9.80 Å². The quantitative estimate of drug-likeness (QED) is 0.765. The lowest BCUT2D eigenvalue weighted by Crippen LogP contribution is -3.15. The summed E-state index contributed by atoms with van der Waals surface area (Å²) in [6, 6.07) is 9.91. The molecule has 4 rings (SSSR count). The van der Waals surface area contributed by atoms with Crippen molar-refractivity contribution in [3.05, 3.63) is 41.3 Å². The van der Waals surface area contributed by atoms with Gasteiger partial charge in [0.1, 0.15) is 0 Å². The van der Waals surface area contributed by atoms with Crippen LogP contribution in [0.4, 0.5) is 0 Å². The molecule has 6 nitrogen and oxygen atoms in total. The molecule has 30 heavy (non-hydrogen) atoms. The largest absolute Gasteiger partial charge is 0.335 e. The maximum atomic E-state index is 13.0. The summed E-state index contributed by atoms with van der Waals surface area (Å²) in [5.74, 6) is 0.965. The first kappa shape index (κ1) is 21.5. The third kappa shape index (κ3) is 5.13. The molecule has 1 aliphatic carbocycles. The van der Waals surface area contributed by atoms with E-state index in [1.165, 1.54) is 36.0 Å². The van der Waals surface area contributed by atoms with Gasteiger partial charge >= 0.3 is 0 Å². The molecule has 164 valence electrons. The highest BCUT2D eigenvalue weighted by Crippen LogP contribution is 2.35. The third-order valence-electron chi connectivity index (χ3n) is 6.99. The first-order valence-corrected chi connectivity index (χ1v) is 12.9. The summed E-state index contributed by atoms with van der Waals surface area (Å²) in [5.41, 5.74) is 0.874. The number of piperazine rings is 1. The highest BCUT2D eigenvalue weighted by atomic mass is 32.2. The number of likely N-dealkylation sites (tertiary alicyclic amines) is 1. The van der Waals surface area contributed by atoms with E-state index in [9.17, 15) is 13.2 Å². The molecule has 0 aromatic heterocycles. The van der Waals surface area contributed by atoms with E-state index in [-0.39, 0.29) is 5.91 Å². The fourth-order valence-electron chi connectivity index (χ4n) is 5.30. The van der Waals surface area contributed by atoms with E-state index >= 15 is 0 Å². The number of nitrogens with one attached hydrogen (secondary N) is 1. The summed E-state index contributed by atoms with van der Waals surface area (Å²) >= 11 is 0. The molecular formula is C23H34N3O3S+. The van der Waals surface area contributed by atoms with Gasteiger partial charge in [0.25, 0.3) is 5.91 Å². The Bertz CT molecular complexity index is 846. The molecule has 3 fully saturated rings. The van der Waals surface area contributed by atoms with Crippen LogP contribution in [-0.2, 0) is 14.8 Å².